The van der Waals surface area contributed by atoms with Crippen molar-refractivity contribution in [2.24, 2.45) is 0 Å². The summed E-state index contributed by atoms with van der Waals surface area (Å²) in [7, 11) is 4.71. The minimum Gasteiger partial charge on any atom is -0.497 e. The summed E-state index contributed by atoms with van der Waals surface area (Å²) in [6.07, 6.45) is 1.56. The fourth-order valence-corrected chi connectivity index (χ4v) is 4.22. The molecule has 10 heteroatoms. The molecule has 1 unspecified atom stereocenters. The lowest BCUT2D eigenvalue weighted by Crippen LogP contribution is -2.31. The van der Waals surface area contributed by atoms with Crippen LogP contribution in [-0.2, 0) is 4.79 Å². The molecule has 0 saturated carbocycles. The quantitative estimate of drug-likeness (QED) is 0.392. The standard InChI is InChI=1S/C26H25N5O5/c1-15-22(25(32)28-18-8-5-6-9-19(18)34-3)23(17-12-11-16(33-2)14-21(17)35-4)31-26(27-15)29-24(30-31)20-10-7-13-36-20/h5-14,23H,1-4H3,(H,28,32)(H,27,29,30). The summed E-state index contributed by atoms with van der Waals surface area (Å²) in [5, 5.41) is 10.9. The Bertz CT molecular complexity index is 1440. The summed E-state index contributed by atoms with van der Waals surface area (Å²) in [6.45, 7) is 1.82. The molecule has 0 spiro atoms. The molecule has 2 aromatic heterocycles. The van der Waals surface area contributed by atoms with Crippen LogP contribution in [0.1, 0.15) is 18.5 Å². The number of amides is 1. The molecule has 2 N–H and O–H groups in total. The highest BCUT2D eigenvalue weighted by Gasteiger charge is 2.36. The van der Waals surface area contributed by atoms with E-state index >= 15 is 0 Å². The first kappa shape index (κ1) is 23.0. The number of benzene rings is 2. The topological polar surface area (TPSA) is 113 Å². The number of carbonyl (C=O) groups excluding carboxylic acids is 1. The average Bonchev–Trinajstić information content (AvgIpc) is 3.58. The van der Waals surface area contributed by atoms with Crippen LogP contribution in [0.15, 0.2) is 76.5 Å². The van der Waals surface area contributed by atoms with Gasteiger partial charge in [0.1, 0.15) is 23.3 Å². The van der Waals surface area contributed by atoms with Crippen molar-refractivity contribution in [1.29, 1.82) is 0 Å². The van der Waals surface area contributed by atoms with Crippen LogP contribution in [0.2, 0.25) is 0 Å². The van der Waals surface area contributed by atoms with Crippen LogP contribution < -0.4 is 24.8 Å². The van der Waals surface area contributed by atoms with Crippen molar-refractivity contribution >= 4 is 17.5 Å². The van der Waals surface area contributed by atoms with Gasteiger partial charge in [0.05, 0.1) is 38.9 Å². The van der Waals surface area contributed by atoms with Crippen molar-refractivity contribution in [3.05, 3.63) is 77.7 Å². The smallest absolute Gasteiger partial charge is 0.255 e. The van der Waals surface area contributed by atoms with Crippen molar-refractivity contribution < 1.29 is 23.4 Å². The zero-order chi connectivity index (χ0) is 25.2. The van der Waals surface area contributed by atoms with Crippen LogP contribution in [0.5, 0.6) is 17.2 Å². The highest BCUT2D eigenvalue weighted by atomic mass is 16.5. The van der Waals surface area contributed by atoms with Gasteiger partial charge < -0.3 is 29.3 Å². The lowest BCUT2D eigenvalue weighted by Gasteiger charge is -2.29. The number of anilines is 2. The Kier molecular flexibility index (Phi) is 6.07. The van der Waals surface area contributed by atoms with Gasteiger partial charge in [0.25, 0.3) is 5.91 Å². The number of hydrogen-bond donors (Lipinski definition) is 2. The molecule has 10 nitrogen and oxygen atoms in total. The van der Waals surface area contributed by atoms with Crippen LogP contribution in [0.3, 0.4) is 0 Å². The van der Waals surface area contributed by atoms with Gasteiger partial charge in [-0.15, -0.1) is 5.10 Å². The summed E-state index contributed by atoms with van der Waals surface area (Å²) in [5.41, 5.74) is 2.32. The van der Waals surface area contributed by atoms with Crippen LogP contribution in [0, 0.1) is 0 Å². The summed E-state index contributed by atoms with van der Waals surface area (Å²) >= 11 is 0. The Morgan fingerprint density at radius 1 is 1.03 bits per heavy atom. The number of carbonyl (C=O) groups is 1. The molecule has 36 heavy (non-hydrogen) atoms. The van der Waals surface area contributed by atoms with Gasteiger partial charge >= 0.3 is 0 Å². The molecule has 0 radical (unpaired) electrons. The molecule has 0 fully saturated rings. The normalized spacial score (nSPS) is 14.6. The average molecular weight is 488 g/mol. The van der Waals surface area contributed by atoms with E-state index < -0.39 is 6.04 Å². The summed E-state index contributed by atoms with van der Waals surface area (Å²) in [4.78, 5) is 18.4. The minimum atomic E-state index is -0.659. The third kappa shape index (κ3) is 4.02. The molecule has 1 aliphatic rings. The maximum atomic E-state index is 13.8. The maximum absolute atomic E-state index is 13.8. The van der Waals surface area contributed by atoms with Crippen molar-refractivity contribution in [3.8, 4) is 28.8 Å². The number of hydrogen-bond acceptors (Lipinski definition) is 8. The largest absolute Gasteiger partial charge is 0.497 e. The van der Waals surface area contributed by atoms with E-state index in [4.69, 9.17) is 23.7 Å². The van der Waals surface area contributed by atoms with Gasteiger partial charge in [-0.25, -0.2) is 4.68 Å². The van der Waals surface area contributed by atoms with E-state index in [2.05, 4.69) is 15.6 Å². The van der Waals surface area contributed by atoms with Crippen LogP contribution in [0.4, 0.5) is 11.6 Å². The van der Waals surface area contributed by atoms with Gasteiger partial charge in [0, 0.05) is 17.3 Å². The van der Waals surface area contributed by atoms with Crippen LogP contribution in [0.25, 0.3) is 11.6 Å². The molecule has 184 valence electrons. The Morgan fingerprint density at radius 2 is 1.83 bits per heavy atom. The van der Waals surface area contributed by atoms with E-state index in [1.54, 1.807) is 62.6 Å². The Labute approximate surface area is 207 Å². The lowest BCUT2D eigenvalue weighted by atomic mass is 9.94. The van der Waals surface area contributed by atoms with Crippen LogP contribution >= 0.6 is 0 Å². The van der Waals surface area contributed by atoms with Crippen molar-refractivity contribution in [2.45, 2.75) is 13.0 Å². The number of ether oxygens (including phenoxy) is 3. The Morgan fingerprint density at radius 3 is 2.56 bits per heavy atom. The van der Waals surface area contributed by atoms with E-state index in [0.29, 0.717) is 57.3 Å². The third-order valence-corrected chi connectivity index (χ3v) is 5.93. The molecule has 3 heterocycles. The lowest BCUT2D eigenvalue weighted by molar-refractivity contribution is -0.113. The first-order valence-electron chi connectivity index (χ1n) is 11.2. The molecule has 0 saturated heterocycles. The maximum Gasteiger partial charge on any atom is 0.255 e. The predicted molar refractivity (Wildman–Crippen MR) is 133 cm³/mol. The van der Waals surface area contributed by atoms with Gasteiger partial charge in [-0.05, 0) is 43.3 Å². The van der Waals surface area contributed by atoms with Gasteiger partial charge in [-0.1, -0.05) is 12.1 Å². The number of fused-ring (bicyclic) bond motifs is 1. The van der Waals surface area contributed by atoms with Gasteiger partial charge in [0.15, 0.2) is 5.76 Å². The molecule has 1 aliphatic heterocycles. The fraction of sp³-hybridized carbons (Fsp3) is 0.192. The van der Waals surface area contributed by atoms with E-state index in [1.807, 2.05) is 31.2 Å². The Hall–Kier alpha value is -4.73. The monoisotopic (exact) mass is 487 g/mol. The summed E-state index contributed by atoms with van der Waals surface area (Å²) < 4.78 is 23.7. The minimum absolute atomic E-state index is 0.326. The van der Waals surface area contributed by atoms with Crippen molar-refractivity contribution in [2.75, 3.05) is 32.0 Å². The van der Waals surface area contributed by atoms with Gasteiger partial charge in [-0.3, -0.25) is 4.79 Å². The third-order valence-electron chi connectivity index (χ3n) is 5.93. The number of rotatable bonds is 7. The molecule has 1 atom stereocenters. The number of allylic oxidation sites excluding steroid dienone is 1. The van der Waals surface area contributed by atoms with E-state index in [-0.39, 0.29) is 5.91 Å². The SMILES string of the molecule is COc1ccc(C2C(C(=O)Nc3ccccc3OC)=C(C)Nc3nc(-c4ccco4)nn32)c(OC)c1. The highest BCUT2D eigenvalue weighted by Crippen LogP contribution is 2.41. The number of aromatic nitrogens is 3. The molecule has 0 bridgehead atoms. The predicted octanol–water partition coefficient (Wildman–Crippen LogP) is 4.49. The molecule has 5 rings (SSSR count). The van der Waals surface area contributed by atoms with E-state index in [0.717, 1.165) is 0 Å². The number of furan rings is 1. The second-order valence-corrected chi connectivity index (χ2v) is 8.01. The molecule has 1 amide bonds. The van der Waals surface area contributed by atoms with E-state index in [1.165, 1.54) is 0 Å². The van der Waals surface area contributed by atoms with Crippen LogP contribution in [-0.4, -0.2) is 42.0 Å². The second-order valence-electron chi connectivity index (χ2n) is 8.01. The highest BCUT2D eigenvalue weighted by molar-refractivity contribution is 6.06. The number of nitrogens with one attached hydrogen (secondary N) is 2. The first-order chi connectivity index (χ1) is 17.5. The summed E-state index contributed by atoms with van der Waals surface area (Å²) in [5.74, 6) is 2.76. The Balaban J connectivity index is 1.64. The molecular formula is C26H25N5O5. The number of nitrogens with zero attached hydrogens (tertiary/aromatic N) is 3. The summed E-state index contributed by atoms with van der Waals surface area (Å²) in [6, 6.07) is 15.6. The molecular weight excluding hydrogens is 462 g/mol. The van der Waals surface area contributed by atoms with Crippen molar-refractivity contribution in [1.82, 2.24) is 14.8 Å². The van der Waals surface area contributed by atoms with Gasteiger partial charge in [0.2, 0.25) is 11.8 Å². The fourth-order valence-electron chi connectivity index (χ4n) is 4.22. The molecule has 4 aromatic rings. The number of para-hydroxylation sites is 2. The second kappa shape index (κ2) is 9.49. The van der Waals surface area contributed by atoms with Gasteiger partial charge in [-0.2, -0.15) is 4.98 Å². The molecule has 0 aliphatic carbocycles. The van der Waals surface area contributed by atoms with Crippen molar-refractivity contribution in [3.63, 3.8) is 0 Å². The van der Waals surface area contributed by atoms with E-state index in [9.17, 15) is 4.79 Å². The zero-order valence-electron chi connectivity index (χ0n) is 20.2. The first-order valence-corrected chi connectivity index (χ1v) is 11.2. The number of methoxy groups -OCH3 is 3. The molecule has 2 aromatic carbocycles. The zero-order valence-corrected chi connectivity index (χ0v) is 20.2.